The van der Waals surface area contributed by atoms with Crippen LogP contribution in [0.1, 0.15) is 6.42 Å². The highest BCUT2D eigenvalue weighted by atomic mass is 28.3. The summed E-state index contributed by atoms with van der Waals surface area (Å²) in [4.78, 5) is 0. The van der Waals surface area contributed by atoms with Gasteiger partial charge in [-0.05, 0) is 6.42 Å². The monoisotopic (exact) mass is 148 g/mol. The smallest absolute Gasteiger partial charge is 0.151 e. The van der Waals surface area contributed by atoms with Crippen LogP contribution in [0.4, 0.5) is 0 Å². The highest BCUT2D eigenvalue weighted by Gasteiger charge is 2.13. The van der Waals surface area contributed by atoms with Gasteiger partial charge in [-0.2, -0.15) is 0 Å². The van der Waals surface area contributed by atoms with Crippen molar-refractivity contribution in [3.8, 4) is 0 Å². The lowest BCUT2D eigenvalue weighted by Gasteiger charge is -2.15. The fourth-order valence-corrected chi connectivity index (χ4v) is 1.69. The van der Waals surface area contributed by atoms with Crippen molar-refractivity contribution in [3.63, 3.8) is 0 Å². The molecule has 0 atom stereocenters. The summed E-state index contributed by atoms with van der Waals surface area (Å²) in [5.74, 6) is 0. The summed E-state index contributed by atoms with van der Waals surface area (Å²) < 4.78 is 0. The lowest BCUT2D eigenvalue weighted by molar-refractivity contribution is -0.0415. The SMILES string of the molecule is C[Si](C)(C)CCC(O)O. The molecule has 0 aromatic carbocycles. The Labute approximate surface area is 57.5 Å². The van der Waals surface area contributed by atoms with Gasteiger partial charge in [0.1, 0.15) is 0 Å². The standard InChI is InChI=1S/C6H16O2Si/c1-9(2,3)5-4-6(7)8/h6-8H,4-5H2,1-3H3. The number of hydrogen-bond acceptors (Lipinski definition) is 2. The van der Waals surface area contributed by atoms with Crippen LogP contribution >= 0.6 is 0 Å². The van der Waals surface area contributed by atoms with Crippen molar-refractivity contribution < 1.29 is 10.2 Å². The molecule has 2 nitrogen and oxygen atoms in total. The largest absolute Gasteiger partial charge is 0.368 e. The summed E-state index contributed by atoms with van der Waals surface area (Å²) >= 11 is 0. The topological polar surface area (TPSA) is 40.5 Å². The predicted octanol–water partition coefficient (Wildman–Crippen LogP) is 1.03. The summed E-state index contributed by atoms with van der Waals surface area (Å²) in [6.07, 6.45) is -0.563. The van der Waals surface area contributed by atoms with Crippen LogP contribution < -0.4 is 0 Å². The van der Waals surface area contributed by atoms with Crippen LogP contribution in [0.15, 0.2) is 0 Å². The molecule has 0 amide bonds. The third-order valence-corrected chi connectivity index (χ3v) is 2.94. The van der Waals surface area contributed by atoms with E-state index in [0.29, 0.717) is 6.42 Å². The van der Waals surface area contributed by atoms with Crippen LogP contribution in [-0.4, -0.2) is 24.6 Å². The zero-order valence-electron chi connectivity index (χ0n) is 6.39. The van der Waals surface area contributed by atoms with Crippen molar-refractivity contribution in [1.82, 2.24) is 0 Å². The van der Waals surface area contributed by atoms with Gasteiger partial charge in [0.05, 0.1) is 0 Å². The van der Waals surface area contributed by atoms with Crippen LogP contribution in [0.2, 0.25) is 25.7 Å². The predicted molar refractivity (Wildman–Crippen MR) is 41.0 cm³/mol. The molecule has 0 aromatic heterocycles. The van der Waals surface area contributed by atoms with E-state index in [1.165, 1.54) is 0 Å². The van der Waals surface area contributed by atoms with Gasteiger partial charge in [0.2, 0.25) is 0 Å². The van der Waals surface area contributed by atoms with Crippen LogP contribution in [0.5, 0.6) is 0 Å². The maximum atomic E-state index is 8.49. The van der Waals surface area contributed by atoms with Crippen molar-refractivity contribution in [2.75, 3.05) is 0 Å². The average Bonchev–Trinajstić information content (AvgIpc) is 1.59. The highest BCUT2D eigenvalue weighted by molar-refractivity contribution is 6.76. The fraction of sp³-hybridized carbons (Fsp3) is 1.00. The van der Waals surface area contributed by atoms with E-state index in [0.717, 1.165) is 6.04 Å². The lowest BCUT2D eigenvalue weighted by Crippen LogP contribution is -2.21. The second kappa shape index (κ2) is 3.34. The summed E-state index contributed by atoms with van der Waals surface area (Å²) in [6, 6.07) is 0.991. The van der Waals surface area contributed by atoms with E-state index >= 15 is 0 Å². The Kier molecular flexibility index (Phi) is 3.39. The number of rotatable bonds is 3. The molecule has 0 aromatic rings. The van der Waals surface area contributed by atoms with Gasteiger partial charge in [-0.3, -0.25) is 0 Å². The minimum Gasteiger partial charge on any atom is -0.368 e. The van der Waals surface area contributed by atoms with Gasteiger partial charge in [-0.15, -0.1) is 0 Å². The summed E-state index contributed by atoms with van der Waals surface area (Å²) in [7, 11) is -1.04. The molecule has 0 bridgehead atoms. The van der Waals surface area contributed by atoms with Crippen LogP contribution in [-0.2, 0) is 0 Å². The normalized spacial score (nSPS) is 12.7. The Morgan fingerprint density at radius 2 is 1.67 bits per heavy atom. The van der Waals surface area contributed by atoms with Crippen molar-refractivity contribution in [2.45, 2.75) is 38.4 Å². The zero-order valence-corrected chi connectivity index (χ0v) is 7.39. The van der Waals surface area contributed by atoms with Crippen LogP contribution in [0.25, 0.3) is 0 Å². The zero-order chi connectivity index (χ0) is 7.49. The third-order valence-electron chi connectivity index (χ3n) is 1.15. The summed E-state index contributed by atoms with van der Waals surface area (Å²) in [5, 5.41) is 17.0. The van der Waals surface area contributed by atoms with Crippen molar-refractivity contribution in [3.05, 3.63) is 0 Å². The quantitative estimate of drug-likeness (QED) is 0.463. The molecule has 9 heavy (non-hydrogen) atoms. The molecule has 0 rings (SSSR count). The Bertz CT molecular complexity index is 75.6. The Balaban J connectivity index is 3.28. The molecule has 2 N–H and O–H groups in total. The number of hydrogen-bond donors (Lipinski definition) is 2. The fourth-order valence-electron chi connectivity index (χ4n) is 0.562. The first-order valence-electron chi connectivity index (χ1n) is 3.28. The van der Waals surface area contributed by atoms with E-state index in [1.54, 1.807) is 0 Å². The molecule has 0 fully saturated rings. The van der Waals surface area contributed by atoms with Gasteiger partial charge < -0.3 is 10.2 Å². The molecule has 0 spiro atoms. The van der Waals surface area contributed by atoms with Crippen molar-refractivity contribution >= 4 is 8.07 Å². The molecule has 56 valence electrons. The molecule has 0 heterocycles. The second-order valence-electron chi connectivity index (χ2n) is 3.58. The average molecular weight is 148 g/mol. The van der Waals surface area contributed by atoms with Crippen LogP contribution in [0.3, 0.4) is 0 Å². The molecule has 0 aliphatic heterocycles. The molecular weight excluding hydrogens is 132 g/mol. The second-order valence-corrected chi connectivity index (χ2v) is 9.20. The molecule has 0 radical (unpaired) electrons. The van der Waals surface area contributed by atoms with Crippen LogP contribution in [0, 0.1) is 0 Å². The Hall–Kier alpha value is 0.137. The van der Waals surface area contributed by atoms with Crippen molar-refractivity contribution in [1.29, 1.82) is 0 Å². The van der Waals surface area contributed by atoms with Gasteiger partial charge in [-0.25, -0.2) is 0 Å². The first-order valence-corrected chi connectivity index (χ1v) is 6.99. The lowest BCUT2D eigenvalue weighted by atomic mass is 10.5. The maximum absolute atomic E-state index is 8.49. The molecule has 0 unspecified atom stereocenters. The first-order chi connectivity index (χ1) is 3.92. The first kappa shape index (κ1) is 9.14. The van der Waals surface area contributed by atoms with E-state index in [-0.39, 0.29) is 0 Å². The van der Waals surface area contributed by atoms with Crippen molar-refractivity contribution in [2.24, 2.45) is 0 Å². The maximum Gasteiger partial charge on any atom is 0.151 e. The minimum atomic E-state index is -1.10. The number of aliphatic hydroxyl groups excluding tert-OH is 1. The number of aliphatic hydroxyl groups is 2. The highest BCUT2D eigenvalue weighted by Crippen LogP contribution is 2.11. The Morgan fingerprint density at radius 3 is 1.78 bits per heavy atom. The third kappa shape index (κ3) is 8.14. The summed E-state index contributed by atoms with van der Waals surface area (Å²) in [5.41, 5.74) is 0. The molecule has 0 aliphatic carbocycles. The summed E-state index contributed by atoms with van der Waals surface area (Å²) in [6.45, 7) is 6.65. The molecule has 3 heteroatoms. The molecule has 0 saturated heterocycles. The molecule has 0 saturated carbocycles. The minimum absolute atomic E-state index is 0.537. The van der Waals surface area contributed by atoms with E-state index in [9.17, 15) is 0 Å². The van der Waals surface area contributed by atoms with E-state index < -0.39 is 14.4 Å². The van der Waals surface area contributed by atoms with E-state index in [4.69, 9.17) is 10.2 Å². The van der Waals surface area contributed by atoms with Gasteiger partial charge in [-0.1, -0.05) is 25.7 Å². The van der Waals surface area contributed by atoms with Gasteiger partial charge in [0.15, 0.2) is 6.29 Å². The Morgan fingerprint density at radius 1 is 1.22 bits per heavy atom. The van der Waals surface area contributed by atoms with Gasteiger partial charge >= 0.3 is 0 Å². The van der Waals surface area contributed by atoms with Gasteiger partial charge in [0, 0.05) is 8.07 Å². The molecule has 0 aliphatic rings. The van der Waals surface area contributed by atoms with E-state index in [2.05, 4.69) is 19.6 Å². The van der Waals surface area contributed by atoms with Gasteiger partial charge in [0.25, 0.3) is 0 Å². The van der Waals surface area contributed by atoms with E-state index in [1.807, 2.05) is 0 Å². The molecular formula is C6H16O2Si.